The predicted molar refractivity (Wildman–Crippen MR) is 93.8 cm³/mol. The number of amides is 1. The molecule has 3 aromatic rings. The summed E-state index contributed by atoms with van der Waals surface area (Å²) in [5.74, 6) is 2.13. The standard InChI is InChI=1S/C20H21N3O2/c24-20(17-13-16(17)18-7-4-12-25-18)22-14-19-21-9-11-23(19)10-8-15-5-2-1-3-6-15/h1-7,9,11-12,16-17H,8,10,13-14H2,(H,22,24)/t16-,17+/m0/s1. The van der Waals surface area contributed by atoms with Crippen molar-refractivity contribution in [3.8, 4) is 0 Å². The highest BCUT2D eigenvalue weighted by molar-refractivity contribution is 5.82. The lowest BCUT2D eigenvalue weighted by Crippen LogP contribution is -2.26. The minimum absolute atomic E-state index is 0.0267. The van der Waals surface area contributed by atoms with Crippen molar-refractivity contribution in [2.45, 2.75) is 31.8 Å². The molecule has 0 radical (unpaired) electrons. The minimum atomic E-state index is 0.0267. The summed E-state index contributed by atoms with van der Waals surface area (Å²) in [5.41, 5.74) is 1.30. The molecule has 1 N–H and O–H groups in total. The summed E-state index contributed by atoms with van der Waals surface area (Å²) in [6.07, 6.45) is 7.22. The maximum Gasteiger partial charge on any atom is 0.224 e. The molecule has 5 heteroatoms. The lowest BCUT2D eigenvalue weighted by molar-refractivity contribution is -0.122. The summed E-state index contributed by atoms with van der Waals surface area (Å²) >= 11 is 0. The van der Waals surface area contributed by atoms with Gasteiger partial charge in [-0.15, -0.1) is 0 Å². The maximum atomic E-state index is 12.3. The topological polar surface area (TPSA) is 60.1 Å². The number of hydrogen-bond donors (Lipinski definition) is 1. The van der Waals surface area contributed by atoms with Gasteiger partial charge in [0.2, 0.25) is 5.91 Å². The Morgan fingerprint density at radius 2 is 2.12 bits per heavy atom. The van der Waals surface area contributed by atoms with Gasteiger partial charge >= 0.3 is 0 Å². The molecule has 1 aromatic carbocycles. The highest BCUT2D eigenvalue weighted by Gasteiger charge is 2.45. The van der Waals surface area contributed by atoms with Crippen LogP contribution in [0.15, 0.2) is 65.5 Å². The summed E-state index contributed by atoms with van der Waals surface area (Å²) in [4.78, 5) is 16.7. The average molecular weight is 335 g/mol. The van der Waals surface area contributed by atoms with Crippen LogP contribution in [0.3, 0.4) is 0 Å². The van der Waals surface area contributed by atoms with E-state index < -0.39 is 0 Å². The van der Waals surface area contributed by atoms with Crippen molar-refractivity contribution in [3.63, 3.8) is 0 Å². The van der Waals surface area contributed by atoms with E-state index in [9.17, 15) is 4.79 Å². The molecule has 0 aliphatic heterocycles. The molecule has 0 unspecified atom stereocenters. The zero-order chi connectivity index (χ0) is 17.1. The van der Waals surface area contributed by atoms with Crippen LogP contribution in [-0.4, -0.2) is 15.5 Å². The summed E-state index contributed by atoms with van der Waals surface area (Å²) in [5, 5.41) is 3.01. The summed E-state index contributed by atoms with van der Waals surface area (Å²) in [6, 6.07) is 14.2. The second-order valence-corrected chi connectivity index (χ2v) is 6.45. The van der Waals surface area contributed by atoms with Crippen LogP contribution in [-0.2, 0) is 24.3 Å². The van der Waals surface area contributed by atoms with Crippen molar-refractivity contribution in [2.24, 2.45) is 5.92 Å². The molecule has 1 amide bonds. The van der Waals surface area contributed by atoms with Crippen molar-refractivity contribution >= 4 is 5.91 Å². The van der Waals surface area contributed by atoms with Crippen LogP contribution >= 0.6 is 0 Å². The van der Waals surface area contributed by atoms with E-state index in [0.29, 0.717) is 6.54 Å². The molecule has 1 saturated carbocycles. The smallest absolute Gasteiger partial charge is 0.224 e. The van der Waals surface area contributed by atoms with Gasteiger partial charge in [0, 0.05) is 30.8 Å². The molecule has 2 heterocycles. The summed E-state index contributed by atoms with van der Waals surface area (Å²) in [6.45, 7) is 1.32. The van der Waals surface area contributed by atoms with Crippen LogP contribution in [0, 0.1) is 5.92 Å². The van der Waals surface area contributed by atoms with Gasteiger partial charge in [0.1, 0.15) is 11.6 Å². The fourth-order valence-corrected chi connectivity index (χ4v) is 3.20. The van der Waals surface area contributed by atoms with E-state index in [2.05, 4.69) is 39.1 Å². The lowest BCUT2D eigenvalue weighted by Gasteiger charge is -2.09. The number of furan rings is 1. The van der Waals surface area contributed by atoms with E-state index in [0.717, 1.165) is 31.0 Å². The third-order valence-corrected chi connectivity index (χ3v) is 4.74. The van der Waals surface area contributed by atoms with Crippen LogP contribution in [0.2, 0.25) is 0 Å². The first-order valence-corrected chi connectivity index (χ1v) is 8.66. The van der Waals surface area contributed by atoms with E-state index in [4.69, 9.17) is 4.42 Å². The first kappa shape index (κ1) is 15.7. The molecule has 25 heavy (non-hydrogen) atoms. The molecule has 128 valence electrons. The van der Waals surface area contributed by atoms with Crippen LogP contribution in [0.5, 0.6) is 0 Å². The lowest BCUT2D eigenvalue weighted by atomic mass is 10.1. The molecule has 5 nitrogen and oxygen atoms in total. The van der Waals surface area contributed by atoms with Gasteiger partial charge < -0.3 is 14.3 Å². The Morgan fingerprint density at radius 1 is 1.24 bits per heavy atom. The Balaban J connectivity index is 1.29. The normalized spacial score (nSPS) is 18.9. The summed E-state index contributed by atoms with van der Waals surface area (Å²) in [7, 11) is 0. The second kappa shape index (κ2) is 6.97. The van der Waals surface area contributed by atoms with Crippen molar-refractivity contribution in [1.29, 1.82) is 0 Å². The molecule has 1 aliphatic carbocycles. The van der Waals surface area contributed by atoms with Crippen molar-refractivity contribution < 1.29 is 9.21 Å². The van der Waals surface area contributed by atoms with E-state index >= 15 is 0 Å². The van der Waals surface area contributed by atoms with Crippen LogP contribution < -0.4 is 5.32 Å². The zero-order valence-corrected chi connectivity index (χ0v) is 14.0. The number of nitrogens with one attached hydrogen (secondary N) is 1. The van der Waals surface area contributed by atoms with E-state index in [1.165, 1.54) is 5.56 Å². The second-order valence-electron chi connectivity index (χ2n) is 6.45. The van der Waals surface area contributed by atoms with Crippen LogP contribution in [0.25, 0.3) is 0 Å². The van der Waals surface area contributed by atoms with Crippen LogP contribution in [0.4, 0.5) is 0 Å². The number of benzene rings is 1. The number of imidazole rings is 1. The number of carbonyl (C=O) groups excluding carboxylic acids is 1. The molecular formula is C20H21N3O2. The largest absolute Gasteiger partial charge is 0.469 e. The Morgan fingerprint density at radius 3 is 2.92 bits per heavy atom. The zero-order valence-electron chi connectivity index (χ0n) is 14.0. The summed E-state index contributed by atoms with van der Waals surface area (Å²) < 4.78 is 7.49. The van der Waals surface area contributed by atoms with Gasteiger partial charge in [0.05, 0.1) is 12.8 Å². The van der Waals surface area contributed by atoms with Gasteiger partial charge in [-0.3, -0.25) is 4.79 Å². The van der Waals surface area contributed by atoms with Crippen molar-refractivity contribution in [1.82, 2.24) is 14.9 Å². The Bertz CT molecular complexity index is 824. The Kier molecular flexibility index (Phi) is 4.37. The third-order valence-electron chi connectivity index (χ3n) is 4.74. The van der Waals surface area contributed by atoms with E-state index in [1.54, 1.807) is 12.5 Å². The first-order valence-electron chi connectivity index (χ1n) is 8.66. The monoisotopic (exact) mass is 335 g/mol. The minimum Gasteiger partial charge on any atom is -0.469 e. The van der Waals surface area contributed by atoms with E-state index in [1.807, 2.05) is 24.4 Å². The number of nitrogens with zero attached hydrogens (tertiary/aromatic N) is 2. The molecule has 1 aliphatic rings. The molecule has 0 spiro atoms. The molecule has 0 bridgehead atoms. The van der Waals surface area contributed by atoms with Crippen molar-refractivity contribution in [3.05, 3.63) is 78.3 Å². The number of rotatable bonds is 7. The molecule has 2 atom stereocenters. The van der Waals surface area contributed by atoms with Gasteiger partial charge in [0.25, 0.3) is 0 Å². The molecule has 2 aromatic heterocycles. The van der Waals surface area contributed by atoms with Gasteiger partial charge in [-0.1, -0.05) is 30.3 Å². The SMILES string of the molecule is O=C(NCc1nccn1CCc1ccccc1)[C@@H]1C[C@@H]1c1ccco1. The fourth-order valence-electron chi connectivity index (χ4n) is 3.20. The van der Waals surface area contributed by atoms with E-state index in [-0.39, 0.29) is 17.7 Å². The van der Waals surface area contributed by atoms with Gasteiger partial charge in [0.15, 0.2) is 0 Å². The van der Waals surface area contributed by atoms with Crippen LogP contribution in [0.1, 0.15) is 29.5 Å². The number of hydrogen-bond acceptors (Lipinski definition) is 3. The number of aromatic nitrogens is 2. The predicted octanol–water partition coefficient (Wildman–Crippen LogP) is 3.14. The Labute approximate surface area is 146 Å². The highest BCUT2D eigenvalue weighted by atomic mass is 16.3. The highest BCUT2D eigenvalue weighted by Crippen LogP contribution is 2.47. The molecule has 0 saturated heterocycles. The van der Waals surface area contributed by atoms with Gasteiger partial charge in [-0.2, -0.15) is 0 Å². The van der Waals surface area contributed by atoms with Gasteiger partial charge in [-0.25, -0.2) is 4.98 Å². The maximum absolute atomic E-state index is 12.3. The fraction of sp³-hybridized carbons (Fsp3) is 0.300. The quantitative estimate of drug-likeness (QED) is 0.721. The number of carbonyl (C=O) groups is 1. The molecular weight excluding hydrogens is 314 g/mol. The molecule has 1 fully saturated rings. The van der Waals surface area contributed by atoms with Gasteiger partial charge in [-0.05, 0) is 30.5 Å². The average Bonchev–Trinajstić information content (AvgIpc) is 3.06. The third kappa shape index (κ3) is 3.65. The molecule has 4 rings (SSSR count). The van der Waals surface area contributed by atoms with Crippen molar-refractivity contribution in [2.75, 3.05) is 0 Å². The number of aryl methyl sites for hydroxylation is 2. The first-order chi connectivity index (χ1) is 12.3. The Hall–Kier alpha value is -2.82.